The van der Waals surface area contributed by atoms with Crippen LogP contribution in [0.4, 0.5) is 5.82 Å². The summed E-state index contributed by atoms with van der Waals surface area (Å²) in [5.74, 6) is 2.63. The van der Waals surface area contributed by atoms with E-state index in [0.717, 1.165) is 29.5 Å². The number of hydrogen-bond acceptors (Lipinski definition) is 5. The van der Waals surface area contributed by atoms with E-state index in [1.807, 2.05) is 39.3 Å². The standard InChI is InChI=1S/C13H18N4O/c1-10-15-8-11(7-14-2)13(16-10)17(3)9-12-5-4-6-18-12/h4-6,8,14H,7,9H2,1-3H3. The maximum Gasteiger partial charge on any atom is 0.136 e. The fraction of sp³-hybridized carbons (Fsp3) is 0.385. The van der Waals surface area contributed by atoms with Crippen molar-refractivity contribution in [2.24, 2.45) is 0 Å². The van der Waals surface area contributed by atoms with Gasteiger partial charge in [0, 0.05) is 25.4 Å². The Kier molecular flexibility index (Phi) is 3.94. The molecule has 18 heavy (non-hydrogen) atoms. The Balaban J connectivity index is 2.22. The van der Waals surface area contributed by atoms with Gasteiger partial charge in [0.1, 0.15) is 17.4 Å². The lowest BCUT2D eigenvalue weighted by Crippen LogP contribution is -2.21. The third-order valence-corrected chi connectivity index (χ3v) is 2.66. The number of nitrogens with zero attached hydrogens (tertiary/aromatic N) is 3. The van der Waals surface area contributed by atoms with E-state index in [0.29, 0.717) is 6.54 Å². The molecule has 0 unspecified atom stereocenters. The Bertz CT molecular complexity index is 496. The van der Waals surface area contributed by atoms with E-state index in [2.05, 4.69) is 20.2 Å². The summed E-state index contributed by atoms with van der Waals surface area (Å²) in [5, 5.41) is 3.13. The molecule has 2 aromatic heterocycles. The molecule has 0 atom stereocenters. The summed E-state index contributed by atoms with van der Waals surface area (Å²) in [5.41, 5.74) is 1.08. The summed E-state index contributed by atoms with van der Waals surface area (Å²) in [6, 6.07) is 3.85. The Morgan fingerprint density at radius 3 is 2.94 bits per heavy atom. The average molecular weight is 246 g/mol. The molecule has 0 aliphatic heterocycles. The van der Waals surface area contributed by atoms with E-state index in [1.54, 1.807) is 6.26 Å². The zero-order valence-corrected chi connectivity index (χ0v) is 11.0. The number of hydrogen-bond donors (Lipinski definition) is 1. The second-order valence-electron chi connectivity index (χ2n) is 4.23. The van der Waals surface area contributed by atoms with Crippen LogP contribution in [0.3, 0.4) is 0 Å². The zero-order valence-electron chi connectivity index (χ0n) is 11.0. The molecule has 0 bridgehead atoms. The molecule has 2 aromatic rings. The molecule has 0 aliphatic rings. The number of rotatable bonds is 5. The summed E-state index contributed by atoms with van der Waals surface area (Å²) < 4.78 is 5.36. The molecule has 0 amide bonds. The van der Waals surface area contributed by atoms with Crippen LogP contribution in [0.2, 0.25) is 0 Å². The predicted octanol–water partition coefficient (Wildman–Crippen LogP) is 1.73. The molecule has 1 N–H and O–H groups in total. The molecule has 5 nitrogen and oxygen atoms in total. The molecule has 0 spiro atoms. The minimum Gasteiger partial charge on any atom is -0.467 e. The van der Waals surface area contributed by atoms with Crippen LogP contribution in [0, 0.1) is 6.92 Å². The average Bonchev–Trinajstić information content (AvgIpc) is 2.84. The van der Waals surface area contributed by atoms with Gasteiger partial charge in [0.2, 0.25) is 0 Å². The number of aryl methyl sites for hydroxylation is 1. The van der Waals surface area contributed by atoms with E-state index < -0.39 is 0 Å². The monoisotopic (exact) mass is 246 g/mol. The molecule has 0 saturated carbocycles. The van der Waals surface area contributed by atoms with E-state index >= 15 is 0 Å². The largest absolute Gasteiger partial charge is 0.467 e. The van der Waals surface area contributed by atoms with Crippen molar-refractivity contribution >= 4 is 5.82 Å². The van der Waals surface area contributed by atoms with Crippen LogP contribution in [0.25, 0.3) is 0 Å². The van der Waals surface area contributed by atoms with E-state index in [9.17, 15) is 0 Å². The van der Waals surface area contributed by atoms with Crippen molar-refractivity contribution in [3.8, 4) is 0 Å². The molecule has 0 fully saturated rings. The van der Waals surface area contributed by atoms with Gasteiger partial charge in [-0.05, 0) is 26.1 Å². The fourth-order valence-corrected chi connectivity index (χ4v) is 1.84. The van der Waals surface area contributed by atoms with Gasteiger partial charge in [0.25, 0.3) is 0 Å². The predicted molar refractivity (Wildman–Crippen MR) is 70.3 cm³/mol. The molecular formula is C13H18N4O. The van der Waals surface area contributed by atoms with Crippen molar-refractivity contribution < 1.29 is 4.42 Å². The smallest absolute Gasteiger partial charge is 0.136 e. The highest BCUT2D eigenvalue weighted by Crippen LogP contribution is 2.18. The van der Waals surface area contributed by atoms with Crippen molar-refractivity contribution in [1.82, 2.24) is 15.3 Å². The Morgan fingerprint density at radius 2 is 2.28 bits per heavy atom. The summed E-state index contributed by atoms with van der Waals surface area (Å²) in [6.07, 6.45) is 3.55. The van der Waals surface area contributed by atoms with Crippen LogP contribution in [0.5, 0.6) is 0 Å². The van der Waals surface area contributed by atoms with E-state index in [1.165, 1.54) is 0 Å². The molecule has 0 aliphatic carbocycles. The lowest BCUT2D eigenvalue weighted by molar-refractivity contribution is 0.506. The van der Waals surface area contributed by atoms with Gasteiger partial charge in [-0.2, -0.15) is 0 Å². The lowest BCUT2D eigenvalue weighted by atomic mass is 10.2. The minimum absolute atomic E-state index is 0.695. The molecular weight excluding hydrogens is 228 g/mol. The van der Waals surface area contributed by atoms with E-state index in [-0.39, 0.29) is 0 Å². The highest BCUT2D eigenvalue weighted by Gasteiger charge is 2.11. The Hall–Kier alpha value is -1.88. The van der Waals surface area contributed by atoms with Crippen LogP contribution in [-0.4, -0.2) is 24.1 Å². The maximum atomic E-state index is 5.36. The van der Waals surface area contributed by atoms with Gasteiger partial charge in [0.05, 0.1) is 12.8 Å². The van der Waals surface area contributed by atoms with E-state index in [4.69, 9.17) is 4.42 Å². The number of anilines is 1. The maximum absolute atomic E-state index is 5.36. The van der Waals surface area contributed by atoms with Gasteiger partial charge in [-0.25, -0.2) is 9.97 Å². The Labute approximate surface area is 107 Å². The number of nitrogens with one attached hydrogen (secondary N) is 1. The molecule has 0 aromatic carbocycles. The second-order valence-corrected chi connectivity index (χ2v) is 4.23. The summed E-state index contributed by atoms with van der Waals surface area (Å²) >= 11 is 0. The third-order valence-electron chi connectivity index (χ3n) is 2.66. The molecule has 2 rings (SSSR count). The van der Waals surface area contributed by atoms with Crippen LogP contribution in [0.15, 0.2) is 29.0 Å². The van der Waals surface area contributed by atoms with Crippen molar-refractivity contribution in [1.29, 1.82) is 0 Å². The molecule has 5 heteroatoms. The number of furan rings is 1. The molecule has 0 radical (unpaired) electrons. The SMILES string of the molecule is CNCc1cnc(C)nc1N(C)Cc1ccco1. The van der Waals surface area contributed by atoms with Crippen LogP contribution >= 0.6 is 0 Å². The van der Waals surface area contributed by atoms with Crippen LogP contribution in [0.1, 0.15) is 17.1 Å². The van der Waals surface area contributed by atoms with Crippen molar-refractivity contribution in [3.63, 3.8) is 0 Å². The normalized spacial score (nSPS) is 10.6. The lowest BCUT2D eigenvalue weighted by Gasteiger charge is -2.20. The summed E-state index contributed by atoms with van der Waals surface area (Å²) in [6.45, 7) is 3.34. The van der Waals surface area contributed by atoms with Gasteiger partial charge in [-0.1, -0.05) is 0 Å². The van der Waals surface area contributed by atoms with Crippen molar-refractivity contribution in [2.45, 2.75) is 20.0 Å². The third kappa shape index (κ3) is 2.87. The molecule has 0 saturated heterocycles. The van der Waals surface area contributed by atoms with Crippen molar-refractivity contribution in [2.75, 3.05) is 19.0 Å². The first-order valence-electron chi connectivity index (χ1n) is 5.91. The van der Waals surface area contributed by atoms with Gasteiger partial charge in [-0.15, -0.1) is 0 Å². The van der Waals surface area contributed by atoms with Crippen molar-refractivity contribution in [3.05, 3.63) is 41.7 Å². The van der Waals surface area contributed by atoms with Crippen LogP contribution < -0.4 is 10.2 Å². The van der Waals surface area contributed by atoms with Crippen LogP contribution in [-0.2, 0) is 13.1 Å². The molecule has 2 heterocycles. The summed E-state index contributed by atoms with van der Waals surface area (Å²) in [7, 11) is 3.92. The first kappa shape index (κ1) is 12.6. The van der Waals surface area contributed by atoms with Gasteiger partial charge in [-0.3, -0.25) is 0 Å². The first-order valence-corrected chi connectivity index (χ1v) is 5.91. The minimum atomic E-state index is 0.695. The zero-order chi connectivity index (χ0) is 13.0. The number of aromatic nitrogens is 2. The van der Waals surface area contributed by atoms with Gasteiger partial charge >= 0.3 is 0 Å². The van der Waals surface area contributed by atoms with Gasteiger partial charge < -0.3 is 14.6 Å². The second kappa shape index (κ2) is 5.64. The summed E-state index contributed by atoms with van der Waals surface area (Å²) in [4.78, 5) is 10.8. The topological polar surface area (TPSA) is 54.2 Å². The van der Waals surface area contributed by atoms with Gasteiger partial charge in [0.15, 0.2) is 0 Å². The Morgan fingerprint density at radius 1 is 1.44 bits per heavy atom. The fourth-order valence-electron chi connectivity index (χ4n) is 1.84. The highest BCUT2D eigenvalue weighted by atomic mass is 16.3. The molecule has 96 valence electrons. The highest BCUT2D eigenvalue weighted by molar-refractivity contribution is 5.45. The first-order chi connectivity index (χ1) is 8.70. The quantitative estimate of drug-likeness (QED) is 0.870.